The van der Waals surface area contributed by atoms with Crippen molar-refractivity contribution >= 4 is 41.3 Å². The Morgan fingerprint density at radius 1 is 1.13 bits per heavy atom. The zero-order valence-corrected chi connectivity index (χ0v) is 19.7. The molecule has 3 aromatic rings. The number of piperazine rings is 1. The van der Waals surface area contributed by atoms with E-state index in [0.29, 0.717) is 5.69 Å². The number of aliphatic imine (C=N–C) groups is 1. The van der Waals surface area contributed by atoms with Gasteiger partial charge in [0.2, 0.25) is 0 Å². The molecule has 2 aromatic heterocycles. The molecule has 0 saturated carbocycles. The predicted molar refractivity (Wildman–Crippen MR) is 131 cm³/mol. The average molecular weight is 522 g/mol. The third-order valence-electron chi connectivity index (χ3n) is 5.38. The van der Waals surface area contributed by atoms with Crippen LogP contribution < -0.4 is 10.2 Å². The Morgan fingerprint density at radius 3 is 2.60 bits per heavy atom. The lowest BCUT2D eigenvalue weighted by molar-refractivity contribution is 0.371. The van der Waals surface area contributed by atoms with Crippen molar-refractivity contribution in [1.82, 2.24) is 19.6 Å². The normalized spacial score (nSPS) is 14.7. The van der Waals surface area contributed by atoms with E-state index in [1.165, 1.54) is 11.6 Å². The summed E-state index contributed by atoms with van der Waals surface area (Å²) >= 11 is 0. The van der Waals surface area contributed by atoms with Crippen LogP contribution in [0.25, 0.3) is 5.65 Å². The van der Waals surface area contributed by atoms with E-state index in [4.69, 9.17) is 4.98 Å². The summed E-state index contributed by atoms with van der Waals surface area (Å²) in [5.74, 6) is 0.726. The SMILES string of the molecule is CN=C(NCCc1cn2cccc(C)c2n1)N1CCN(c2ccccc2F)CC1.I. The third-order valence-corrected chi connectivity index (χ3v) is 5.38. The Hall–Kier alpha value is -2.36. The molecule has 0 radical (unpaired) electrons. The Labute approximate surface area is 193 Å². The van der Waals surface area contributed by atoms with E-state index in [0.717, 1.165) is 56.4 Å². The van der Waals surface area contributed by atoms with Crippen molar-refractivity contribution in [3.8, 4) is 0 Å². The molecular weight excluding hydrogens is 494 g/mol. The van der Waals surface area contributed by atoms with Gasteiger partial charge in [-0.2, -0.15) is 0 Å². The van der Waals surface area contributed by atoms with Crippen LogP contribution in [-0.2, 0) is 6.42 Å². The van der Waals surface area contributed by atoms with Gasteiger partial charge in [0.15, 0.2) is 5.96 Å². The van der Waals surface area contributed by atoms with Crippen LogP contribution in [0.1, 0.15) is 11.3 Å². The second-order valence-corrected chi connectivity index (χ2v) is 7.30. The van der Waals surface area contributed by atoms with E-state index < -0.39 is 0 Å². The first-order chi connectivity index (χ1) is 14.2. The Bertz CT molecular complexity index is 1010. The second-order valence-electron chi connectivity index (χ2n) is 7.30. The molecule has 8 heteroatoms. The van der Waals surface area contributed by atoms with Crippen molar-refractivity contribution in [3.05, 3.63) is 65.9 Å². The molecule has 0 bridgehead atoms. The molecule has 6 nitrogen and oxygen atoms in total. The third kappa shape index (κ3) is 4.85. The molecule has 1 fully saturated rings. The highest BCUT2D eigenvalue weighted by Gasteiger charge is 2.21. The van der Waals surface area contributed by atoms with Gasteiger partial charge in [0.05, 0.1) is 11.4 Å². The molecule has 1 aliphatic heterocycles. The largest absolute Gasteiger partial charge is 0.366 e. The van der Waals surface area contributed by atoms with Crippen LogP contribution in [-0.4, -0.2) is 60.0 Å². The number of hydrogen-bond acceptors (Lipinski definition) is 3. The van der Waals surface area contributed by atoms with Crippen molar-refractivity contribution in [3.63, 3.8) is 0 Å². The molecule has 0 aliphatic carbocycles. The van der Waals surface area contributed by atoms with Crippen LogP contribution in [0.3, 0.4) is 0 Å². The summed E-state index contributed by atoms with van der Waals surface area (Å²) < 4.78 is 16.1. The lowest BCUT2D eigenvalue weighted by Gasteiger charge is -2.37. The number of guanidine groups is 1. The fourth-order valence-electron chi connectivity index (χ4n) is 3.83. The number of aryl methyl sites for hydroxylation is 1. The first-order valence-corrected chi connectivity index (χ1v) is 10.0. The molecule has 160 valence electrons. The molecule has 1 aliphatic rings. The van der Waals surface area contributed by atoms with Crippen LogP contribution >= 0.6 is 24.0 Å². The van der Waals surface area contributed by atoms with Gasteiger partial charge in [-0.3, -0.25) is 4.99 Å². The van der Waals surface area contributed by atoms with Crippen molar-refractivity contribution < 1.29 is 4.39 Å². The highest BCUT2D eigenvalue weighted by atomic mass is 127. The molecule has 1 aromatic carbocycles. The van der Waals surface area contributed by atoms with Gasteiger partial charge in [0.1, 0.15) is 11.5 Å². The molecule has 30 heavy (non-hydrogen) atoms. The Kier molecular flexibility index (Phi) is 7.52. The van der Waals surface area contributed by atoms with Gasteiger partial charge in [-0.05, 0) is 30.7 Å². The van der Waals surface area contributed by atoms with E-state index in [9.17, 15) is 4.39 Å². The summed E-state index contributed by atoms with van der Waals surface area (Å²) in [6, 6.07) is 11.1. The molecule has 4 rings (SSSR count). The lowest BCUT2D eigenvalue weighted by atomic mass is 10.2. The van der Waals surface area contributed by atoms with Crippen LogP contribution in [0.15, 0.2) is 53.8 Å². The van der Waals surface area contributed by atoms with E-state index in [1.54, 1.807) is 13.1 Å². The number of nitrogens with one attached hydrogen (secondary N) is 1. The molecule has 3 heterocycles. The first kappa shape index (κ1) is 22.3. The second kappa shape index (κ2) is 10.1. The summed E-state index contributed by atoms with van der Waals surface area (Å²) in [4.78, 5) is 13.5. The topological polar surface area (TPSA) is 48.2 Å². The standard InChI is InChI=1S/C22H27FN6.HI/c1-17-6-5-11-29-16-18(26-21(17)29)9-10-25-22(24-2)28-14-12-27(13-15-28)20-8-4-3-7-19(20)23;/h3-8,11,16H,9-10,12-15H2,1-2H3,(H,24,25);1H. The summed E-state index contributed by atoms with van der Waals surface area (Å²) in [5, 5.41) is 3.45. The number of pyridine rings is 1. The summed E-state index contributed by atoms with van der Waals surface area (Å²) in [6.45, 7) is 6.00. The van der Waals surface area contributed by atoms with Crippen molar-refractivity contribution in [1.29, 1.82) is 0 Å². The number of anilines is 1. The Morgan fingerprint density at radius 2 is 1.90 bits per heavy atom. The summed E-state index contributed by atoms with van der Waals surface area (Å²) in [6.07, 6.45) is 4.94. The molecular formula is C22H28FIN6. The van der Waals surface area contributed by atoms with Crippen LogP contribution in [0, 0.1) is 12.7 Å². The zero-order valence-electron chi connectivity index (χ0n) is 17.4. The maximum absolute atomic E-state index is 14.0. The highest BCUT2D eigenvalue weighted by Crippen LogP contribution is 2.20. The van der Waals surface area contributed by atoms with Gasteiger partial charge < -0.3 is 19.5 Å². The van der Waals surface area contributed by atoms with E-state index in [-0.39, 0.29) is 29.8 Å². The number of fused-ring (bicyclic) bond motifs is 1. The number of imidazole rings is 1. The average Bonchev–Trinajstić information content (AvgIpc) is 3.16. The molecule has 0 atom stereocenters. The summed E-state index contributed by atoms with van der Waals surface area (Å²) in [7, 11) is 1.81. The van der Waals surface area contributed by atoms with E-state index in [2.05, 4.69) is 43.7 Å². The van der Waals surface area contributed by atoms with E-state index >= 15 is 0 Å². The number of rotatable bonds is 4. The van der Waals surface area contributed by atoms with Crippen molar-refractivity contribution in [2.75, 3.05) is 44.7 Å². The van der Waals surface area contributed by atoms with Gasteiger partial charge >= 0.3 is 0 Å². The maximum Gasteiger partial charge on any atom is 0.193 e. The van der Waals surface area contributed by atoms with Crippen molar-refractivity contribution in [2.45, 2.75) is 13.3 Å². The minimum absolute atomic E-state index is 0. The number of nitrogens with zero attached hydrogens (tertiary/aromatic N) is 5. The molecule has 0 unspecified atom stereocenters. The minimum atomic E-state index is -0.161. The highest BCUT2D eigenvalue weighted by molar-refractivity contribution is 14.0. The molecule has 0 spiro atoms. The molecule has 0 amide bonds. The lowest BCUT2D eigenvalue weighted by Crippen LogP contribution is -2.53. The quantitative estimate of drug-likeness (QED) is 0.325. The molecule has 1 saturated heterocycles. The zero-order chi connectivity index (χ0) is 20.2. The van der Waals surface area contributed by atoms with Gasteiger partial charge in [0.25, 0.3) is 0 Å². The maximum atomic E-state index is 14.0. The molecule has 1 N–H and O–H groups in total. The van der Waals surface area contributed by atoms with Gasteiger partial charge in [-0.1, -0.05) is 18.2 Å². The van der Waals surface area contributed by atoms with Gasteiger partial charge in [-0.25, -0.2) is 9.37 Å². The van der Waals surface area contributed by atoms with Gasteiger partial charge in [-0.15, -0.1) is 24.0 Å². The number of benzene rings is 1. The number of aromatic nitrogens is 2. The van der Waals surface area contributed by atoms with Crippen LogP contribution in [0.2, 0.25) is 0 Å². The summed E-state index contributed by atoms with van der Waals surface area (Å²) in [5.41, 5.74) is 3.93. The monoisotopic (exact) mass is 522 g/mol. The predicted octanol–water partition coefficient (Wildman–Crippen LogP) is 3.34. The smallest absolute Gasteiger partial charge is 0.193 e. The minimum Gasteiger partial charge on any atom is -0.366 e. The van der Waals surface area contributed by atoms with Crippen molar-refractivity contribution in [2.24, 2.45) is 4.99 Å². The Balaban J connectivity index is 0.00000256. The number of para-hydroxylation sites is 1. The van der Waals surface area contributed by atoms with Crippen LogP contribution in [0.5, 0.6) is 0 Å². The number of halogens is 2. The number of hydrogen-bond donors (Lipinski definition) is 1. The fourth-order valence-corrected chi connectivity index (χ4v) is 3.83. The van der Waals surface area contributed by atoms with Crippen LogP contribution in [0.4, 0.5) is 10.1 Å². The first-order valence-electron chi connectivity index (χ1n) is 10.0. The van der Waals surface area contributed by atoms with Gasteiger partial charge in [0, 0.05) is 58.6 Å². The van der Waals surface area contributed by atoms with E-state index in [1.807, 2.05) is 24.4 Å². The fraction of sp³-hybridized carbons (Fsp3) is 0.364.